The third-order valence-electron chi connectivity index (χ3n) is 4.84. The van der Waals surface area contributed by atoms with E-state index in [0.717, 1.165) is 18.8 Å². The minimum absolute atomic E-state index is 0.318. The Hall–Kier alpha value is -1.11. The van der Waals surface area contributed by atoms with Gasteiger partial charge in [-0.2, -0.15) is 0 Å². The van der Waals surface area contributed by atoms with Crippen molar-refractivity contribution >= 4 is 5.78 Å². The molecular formula is C19H28O. The third-order valence-corrected chi connectivity index (χ3v) is 4.84. The molecule has 0 radical (unpaired) electrons. The summed E-state index contributed by atoms with van der Waals surface area (Å²) in [5.41, 5.74) is 2.53. The van der Waals surface area contributed by atoms with Gasteiger partial charge in [0.15, 0.2) is 0 Å². The van der Waals surface area contributed by atoms with Gasteiger partial charge in [-0.3, -0.25) is 4.79 Å². The Morgan fingerprint density at radius 2 is 1.90 bits per heavy atom. The lowest BCUT2D eigenvalue weighted by molar-refractivity contribution is -0.123. The van der Waals surface area contributed by atoms with E-state index in [4.69, 9.17) is 0 Å². The normalized spacial score (nSPS) is 23.0. The van der Waals surface area contributed by atoms with E-state index in [0.29, 0.717) is 24.0 Å². The molecule has 1 heteroatoms. The molecular weight excluding hydrogens is 244 g/mol. The van der Waals surface area contributed by atoms with Crippen LogP contribution < -0.4 is 0 Å². The van der Waals surface area contributed by atoms with Crippen molar-refractivity contribution < 1.29 is 4.79 Å². The highest BCUT2D eigenvalue weighted by atomic mass is 16.1. The number of hydrogen-bond donors (Lipinski definition) is 0. The zero-order valence-corrected chi connectivity index (χ0v) is 13.2. The Morgan fingerprint density at radius 1 is 1.20 bits per heavy atom. The SMILES string of the molecule is CCC1CCCC(C(=O)Cc2ccc(C(C)C)cc2)C1. The summed E-state index contributed by atoms with van der Waals surface area (Å²) in [7, 11) is 0. The predicted octanol–water partition coefficient (Wildman–Crippen LogP) is 5.14. The smallest absolute Gasteiger partial charge is 0.140 e. The van der Waals surface area contributed by atoms with Crippen LogP contribution in [0.1, 0.15) is 69.9 Å². The lowest BCUT2D eigenvalue weighted by atomic mass is 9.77. The fourth-order valence-corrected chi connectivity index (χ4v) is 3.32. The number of benzene rings is 1. The van der Waals surface area contributed by atoms with Gasteiger partial charge in [-0.1, -0.05) is 64.3 Å². The topological polar surface area (TPSA) is 17.1 Å². The standard InChI is InChI=1S/C19H28O/c1-4-15-6-5-7-18(12-15)19(20)13-16-8-10-17(11-9-16)14(2)3/h8-11,14-15,18H,4-7,12-13H2,1-3H3. The van der Waals surface area contributed by atoms with E-state index in [2.05, 4.69) is 45.0 Å². The van der Waals surface area contributed by atoms with Gasteiger partial charge in [0, 0.05) is 12.3 Å². The average Bonchev–Trinajstić information content (AvgIpc) is 2.47. The molecule has 0 N–H and O–H groups in total. The summed E-state index contributed by atoms with van der Waals surface area (Å²) < 4.78 is 0. The molecule has 0 spiro atoms. The van der Waals surface area contributed by atoms with E-state index in [1.807, 2.05) is 0 Å². The molecule has 1 aromatic rings. The van der Waals surface area contributed by atoms with Crippen molar-refractivity contribution in [2.45, 2.75) is 65.2 Å². The van der Waals surface area contributed by atoms with E-state index >= 15 is 0 Å². The number of carbonyl (C=O) groups excluding carboxylic acids is 1. The van der Waals surface area contributed by atoms with E-state index in [1.54, 1.807) is 0 Å². The zero-order valence-electron chi connectivity index (χ0n) is 13.2. The van der Waals surface area contributed by atoms with Crippen molar-refractivity contribution in [2.75, 3.05) is 0 Å². The van der Waals surface area contributed by atoms with E-state index < -0.39 is 0 Å². The summed E-state index contributed by atoms with van der Waals surface area (Å²) in [5, 5.41) is 0. The number of rotatable bonds is 5. The Kier molecular flexibility index (Phi) is 5.39. The highest BCUT2D eigenvalue weighted by molar-refractivity contribution is 5.83. The lowest BCUT2D eigenvalue weighted by Crippen LogP contribution is -2.24. The first kappa shape index (κ1) is 15.3. The zero-order chi connectivity index (χ0) is 14.5. The van der Waals surface area contributed by atoms with Crippen LogP contribution in [-0.2, 0) is 11.2 Å². The van der Waals surface area contributed by atoms with Gasteiger partial charge in [0.25, 0.3) is 0 Å². The van der Waals surface area contributed by atoms with Crippen LogP contribution in [0.3, 0.4) is 0 Å². The minimum atomic E-state index is 0.318. The van der Waals surface area contributed by atoms with E-state index in [9.17, 15) is 4.79 Å². The van der Waals surface area contributed by atoms with Crippen LogP contribution in [0.15, 0.2) is 24.3 Å². The van der Waals surface area contributed by atoms with Gasteiger partial charge in [0.2, 0.25) is 0 Å². The molecule has 110 valence electrons. The van der Waals surface area contributed by atoms with Crippen molar-refractivity contribution in [3.8, 4) is 0 Å². The number of ketones is 1. The molecule has 0 saturated heterocycles. The summed E-state index contributed by atoms with van der Waals surface area (Å²) in [6.07, 6.45) is 6.65. The third kappa shape index (κ3) is 3.94. The van der Waals surface area contributed by atoms with Crippen LogP contribution in [0.25, 0.3) is 0 Å². The molecule has 2 atom stereocenters. The summed E-state index contributed by atoms with van der Waals surface area (Å²) >= 11 is 0. The molecule has 0 amide bonds. The van der Waals surface area contributed by atoms with E-state index in [-0.39, 0.29) is 0 Å². The maximum absolute atomic E-state index is 12.4. The molecule has 2 rings (SSSR count). The van der Waals surface area contributed by atoms with Crippen LogP contribution in [0.4, 0.5) is 0 Å². The van der Waals surface area contributed by atoms with Crippen LogP contribution >= 0.6 is 0 Å². The monoisotopic (exact) mass is 272 g/mol. The molecule has 0 aliphatic heterocycles. The fourth-order valence-electron chi connectivity index (χ4n) is 3.32. The van der Waals surface area contributed by atoms with Gasteiger partial charge in [-0.05, 0) is 35.8 Å². The fraction of sp³-hybridized carbons (Fsp3) is 0.632. The van der Waals surface area contributed by atoms with Gasteiger partial charge in [0.1, 0.15) is 5.78 Å². The van der Waals surface area contributed by atoms with Crippen molar-refractivity contribution in [2.24, 2.45) is 11.8 Å². The van der Waals surface area contributed by atoms with Crippen LogP contribution in [0.5, 0.6) is 0 Å². The van der Waals surface area contributed by atoms with Crippen molar-refractivity contribution in [3.05, 3.63) is 35.4 Å². The van der Waals surface area contributed by atoms with Gasteiger partial charge >= 0.3 is 0 Å². The summed E-state index contributed by atoms with van der Waals surface area (Å²) in [5.74, 6) is 2.11. The first-order valence-corrected chi connectivity index (χ1v) is 8.21. The first-order chi connectivity index (χ1) is 9.60. The summed E-state index contributed by atoms with van der Waals surface area (Å²) in [6.45, 7) is 6.66. The second-order valence-corrected chi connectivity index (χ2v) is 6.68. The van der Waals surface area contributed by atoms with Crippen molar-refractivity contribution in [1.29, 1.82) is 0 Å². The van der Waals surface area contributed by atoms with Gasteiger partial charge < -0.3 is 0 Å². The average molecular weight is 272 g/mol. The largest absolute Gasteiger partial charge is 0.299 e. The van der Waals surface area contributed by atoms with Crippen LogP contribution in [0, 0.1) is 11.8 Å². The molecule has 2 unspecified atom stereocenters. The van der Waals surface area contributed by atoms with Crippen molar-refractivity contribution in [3.63, 3.8) is 0 Å². The number of Topliss-reactive ketones (excluding diaryl/α,β-unsaturated/α-hetero) is 1. The quantitative estimate of drug-likeness (QED) is 0.725. The number of hydrogen-bond acceptors (Lipinski definition) is 1. The summed E-state index contributed by atoms with van der Waals surface area (Å²) in [6, 6.07) is 8.60. The highest BCUT2D eigenvalue weighted by Gasteiger charge is 2.26. The molecule has 1 saturated carbocycles. The minimum Gasteiger partial charge on any atom is -0.299 e. The molecule has 1 aromatic carbocycles. The molecule has 20 heavy (non-hydrogen) atoms. The second kappa shape index (κ2) is 7.06. The predicted molar refractivity (Wildman–Crippen MR) is 85.0 cm³/mol. The van der Waals surface area contributed by atoms with E-state index in [1.165, 1.54) is 30.4 Å². The molecule has 0 bridgehead atoms. The number of carbonyl (C=O) groups is 1. The highest BCUT2D eigenvalue weighted by Crippen LogP contribution is 2.32. The first-order valence-electron chi connectivity index (χ1n) is 8.21. The van der Waals surface area contributed by atoms with Crippen molar-refractivity contribution in [1.82, 2.24) is 0 Å². The van der Waals surface area contributed by atoms with Gasteiger partial charge in [-0.15, -0.1) is 0 Å². The Labute approximate surface area is 123 Å². The second-order valence-electron chi connectivity index (χ2n) is 6.68. The molecule has 1 aliphatic carbocycles. The maximum atomic E-state index is 12.4. The Morgan fingerprint density at radius 3 is 2.50 bits per heavy atom. The van der Waals surface area contributed by atoms with Crippen LogP contribution in [-0.4, -0.2) is 5.78 Å². The molecule has 0 heterocycles. The molecule has 1 nitrogen and oxygen atoms in total. The van der Waals surface area contributed by atoms with Crippen LogP contribution in [0.2, 0.25) is 0 Å². The molecule has 0 aromatic heterocycles. The maximum Gasteiger partial charge on any atom is 0.140 e. The summed E-state index contributed by atoms with van der Waals surface area (Å²) in [4.78, 5) is 12.4. The Bertz CT molecular complexity index is 430. The van der Waals surface area contributed by atoms with Gasteiger partial charge in [-0.25, -0.2) is 0 Å². The van der Waals surface area contributed by atoms with Gasteiger partial charge in [0.05, 0.1) is 0 Å². The molecule has 1 aliphatic rings. The lowest BCUT2D eigenvalue weighted by Gasteiger charge is -2.27. The molecule has 1 fully saturated rings. The Balaban J connectivity index is 1.93.